The molecule has 1 heterocycles. The van der Waals surface area contributed by atoms with Gasteiger partial charge in [0.25, 0.3) is 5.91 Å². The third-order valence-corrected chi connectivity index (χ3v) is 4.01. The molecule has 0 aliphatic carbocycles. The Morgan fingerprint density at radius 1 is 0.966 bits per heavy atom. The Morgan fingerprint density at radius 3 is 2.41 bits per heavy atom. The largest absolute Gasteiger partial charge is 0.497 e. The van der Waals surface area contributed by atoms with Crippen molar-refractivity contribution in [3.05, 3.63) is 78.3 Å². The van der Waals surface area contributed by atoms with E-state index >= 15 is 0 Å². The molecule has 0 aliphatic heterocycles. The van der Waals surface area contributed by atoms with E-state index in [0.717, 1.165) is 11.3 Å². The number of furan rings is 1. The number of ether oxygens (including phenoxy) is 2. The Balaban J connectivity index is 1.65. The van der Waals surface area contributed by atoms with Crippen molar-refractivity contribution < 1.29 is 23.5 Å². The molecule has 0 saturated carbocycles. The molecule has 0 atom stereocenters. The van der Waals surface area contributed by atoms with E-state index in [9.17, 15) is 9.59 Å². The van der Waals surface area contributed by atoms with E-state index in [2.05, 4.69) is 10.6 Å². The van der Waals surface area contributed by atoms with Gasteiger partial charge in [-0.1, -0.05) is 12.1 Å². The van der Waals surface area contributed by atoms with Gasteiger partial charge in [-0.25, -0.2) is 0 Å². The highest BCUT2D eigenvalue weighted by atomic mass is 16.5. The summed E-state index contributed by atoms with van der Waals surface area (Å²) < 4.78 is 15.5. The second-order valence-electron chi connectivity index (χ2n) is 5.94. The highest BCUT2D eigenvalue weighted by Crippen LogP contribution is 2.28. The van der Waals surface area contributed by atoms with Gasteiger partial charge < -0.3 is 24.5 Å². The Morgan fingerprint density at radius 2 is 1.76 bits per heavy atom. The van der Waals surface area contributed by atoms with Crippen molar-refractivity contribution in [2.75, 3.05) is 24.9 Å². The molecule has 0 unspecified atom stereocenters. The zero-order chi connectivity index (χ0) is 20.6. The van der Waals surface area contributed by atoms with Crippen LogP contribution in [0.5, 0.6) is 11.5 Å². The second-order valence-corrected chi connectivity index (χ2v) is 5.94. The van der Waals surface area contributed by atoms with Gasteiger partial charge in [0.15, 0.2) is 5.76 Å². The minimum Gasteiger partial charge on any atom is -0.497 e. The molecule has 0 fully saturated rings. The molecule has 29 heavy (non-hydrogen) atoms. The SMILES string of the molecule is COc1ccc(C=CC(=O)Nc2ccc(NC(=O)c3ccco3)c(OC)c2)cc1. The number of hydrogen-bond acceptors (Lipinski definition) is 5. The van der Waals surface area contributed by atoms with Gasteiger partial charge in [0.2, 0.25) is 5.91 Å². The predicted molar refractivity (Wildman–Crippen MR) is 110 cm³/mol. The van der Waals surface area contributed by atoms with Crippen LogP contribution in [0, 0.1) is 0 Å². The maximum absolute atomic E-state index is 12.2. The van der Waals surface area contributed by atoms with Crippen molar-refractivity contribution >= 4 is 29.3 Å². The summed E-state index contributed by atoms with van der Waals surface area (Å²) in [6, 6.07) is 15.5. The highest BCUT2D eigenvalue weighted by molar-refractivity contribution is 6.04. The molecule has 3 rings (SSSR count). The van der Waals surface area contributed by atoms with Gasteiger partial charge in [-0.2, -0.15) is 0 Å². The van der Waals surface area contributed by atoms with E-state index in [1.807, 2.05) is 24.3 Å². The number of carbonyl (C=O) groups is 2. The Labute approximate surface area is 167 Å². The number of methoxy groups -OCH3 is 2. The number of anilines is 2. The van der Waals surface area contributed by atoms with Crippen LogP contribution in [-0.2, 0) is 4.79 Å². The van der Waals surface area contributed by atoms with Gasteiger partial charge >= 0.3 is 0 Å². The summed E-state index contributed by atoms with van der Waals surface area (Å²) in [6.07, 6.45) is 4.55. The lowest BCUT2D eigenvalue weighted by Gasteiger charge is -2.11. The van der Waals surface area contributed by atoms with Crippen molar-refractivity contribution in [2.24, 2.45) is 0 Å². The van der Waals surface area contributed by atoms with E-state index in [-0.39, 0.29) is 11.7 Å². The lowest BCUT2D eigenvalue weighted by molar-refractivity contribution is -0.111. The fourth-order valence-corrected chi connectivity index (χ4v) is 2.53. The quantitative estimate of drug-likeness (QED) is 0.588. The number of nitrogens with one attached hydrogen (secondary N) is 2. The minimum absolute atomic E-state index is 0.188. The number of amides is 2. The fraction of sp³-hybridized carbons (Fsp3) is 0.0909. The molecule has 2 aromatic carbocycles. The van der Waals surface area contributed by atoms with Gasteiger partial charge in [-0.3, -0.25) is 9.59 Å². The van der Waals surface area contributed by atoms with Crippen molar-refractivity contribution in [1.29, 1.82) is 0 Å². The van der Waals surface area contributed by atoms with E-state index in [0.29, 0.717) is 17.1 Å². The van der Waals surface area contributed by atoms with Crippen LogP contribution < -0.4 is 20.1 Å². The van der Waals surface area contributed by atoms with Gasteiger partial charge in [0, 0.05) is 17.8 Å². The summed E-state index contributed by atoms with van der Waals surface area (Å²) in [4.78, 5) is 24.3. The summed E-state index contributed by atoms with van der Waals surface area (Å²) in [5.41, 5.74) is 1.86. The normalized spacial score (nSPS) is 10.6. The van der Waals surface area contributed by atoms with Crippen LogP contribution in [-0.4, -0.2) is 26.0 Å². The first-order valence-electron chi connectivity index (χ1n) is 8.75. The smallest absolute Gasteiger partial charge is 0.291 e. The molecule has 1 aromatic heterocycles. The van der Waals surface area contributed by atoms with Gasteiger partial charge in [-0.05, 0) is 48.0 Å². The Bertz CT molecular complexity index is 1010. The van der Waals surface area contributed by atoms with E-state index < -0.39 is 5.91 Å². The van der Waals surface area contributed by atoms with Crippen LogP contribution in [0.25, 0.3) is 6.08 Å². The molecule has 2 amide bonds. The molecule has 148 valence electrons. The minimum atomic E-state index is -0.396. The summed E-state index contributed by atoms with van der Waals surface area (Å²) in [6.45, 7) is 0. The van der Waals surface area contributed by atoms with Gasteiger partial charge in [0.1, 0.15) is 11.5 Å². The third-order valence-electron chi connectivity index (χ3n) is 4.01. The van der Waals surface area contributed by atoms with Gasteiger partial charge in [0.05, 0.1) is 26.2 Å². The van der Waals surface area contributed by atoms with Crippen LogP contribution in [0.3, 0.4) is 0 Å². The summed E-state index contributed by atoms with van der Waals surface area (Å²) in [5, 5.41) is 5.46. The summed E-state index contributed by atoms with van der Waals surface area (Å²) >= 11 is 0. The molecule has 0 aliphatic rings. The average molecular weight is 392 g/mol. The maximum atomic E-state index is 12.2. The highest BCUT2D eigenvalue weighted by Gasteiger charge is 2.12. The third kappa shape index (κ3) is 5.26. The molecule has 7 nitrogen and oxygen atoms in total. The number of rotatable bonds is 7. The molecule has 0 bridgehead atoms. The Hall–Kier alpha value is -4.00. The zero-order valence-corrected chi connectivity index (χ0v) is 16.0. The fourth-order valence-electron chi connectivity index (χ4n) is 2.53. The molecule has 0 radical (unpaired) electrons. The molecule has 7 heteroatoms. The molecule has 3 aromatic rings. The molecular weight excluding hydrogens is 372 g/mol. The number of benzene rings is 2. The van der Waals surface area contributed by atoms with Gasteiger partial charge in [-0.15, -0.1) is 0 Å². The topological polar surface area (TPSA) is 89.8 Å². The van der Waals surface area contributed by atoms with Crippen LogP contribution in [0.2, 0.25) is 0 Å². The van der Waals surface area contributed by atoms with Crippen LogP contribution in [0.1, 0.15) is 16.1 Å². The predicted octanol–water partition coefficient (Wildman–Crippen LogP) is 4.20. The molecule has 2 N–H and O–H groups in total. The van der Waals surface area contributed by atoms with Crippen molar-refractivity contribution in [1.82, 2.24) is 0 Å². The van der Waals surface area contributed by atoms with E-state index in [1.54, 1.807) is 43.5 Å². The van der Waals surface area contributed by atoms with E-state index in [1.165, 1.54) is 19.4 Å². The average Bonchev–Trinajstić information content (AvgIpc) is 3.29. The first-order chi connectivity index (χ1) is 14.1. The summed E-state index contributed by atoms with van der Waals surface area (Å²) in [5.74, 6) is 0.649. The van der Waals surface area contributed by atoms with Crippen LogP contribution in [0.4, 0.5) is 11.4 Å². The number of hydrogen-bond donors (Lipinski definition) is 2. The maximum Gasteiger partial charge on any atom is 0.291 e. The van der Waals surface area contributed by atoms with Crippen LogP contribution in [0.15, 0.2) is 71.4 Å². The van der Waals surface area contributed by atoms with Crippen molar-refractivity contribution in [2.45, 2.75) is 0 Å². The lowest BCUT2D eigenvalue weighted by Crippen LogP contribution is -2.12. The molecule has 0 spiro atoms. The monoisotopic (exact) mass is 392 g/mol. The number of carbonyl (C=O) groups excluding carboxylic acids is 2. The zero-order valence-electron chi connectivity index (χ0n) is 16.0. The van der Waals surface area contributed by atoms with E-state index in [4.69, 9.17) is 13.9 Å². The molecular formula is C22H20N2O5. The molecule has 0 saturated heterocycles. The Kier molecular flexibility index (Phi) is 6.32. The standard InChI is InChI=1S/C22H20N2O5/c1-27-17-9-5-15(6-10-17)7-12-21(25)23-16-8-11-18(20(14-16)28-2)24-22(26)19-4-3-13-29-19/h3-14H,1-2H3,(H,23,25)(H,24,26). The lowest BCUT2D eigenvalue weighted by atomic mass is 10.2. The van der Waals surface area contributed by atoms with Crippen molar-refractivity contribution in [3.63, 3.8) is 0 Å². The first-order valence-corrected chi connectivity index (χ1v) is 8.75. The van der Waals surface area contributed by atoms with Crippen LogP contribution >= 0.6 is 0 Å². The van der Waals surface area contributed by atoms with Crippen molar-refractivity contribution in [3.8, 4) is 11.5 Å². The second kappa shape index (κ2) is 9.27. The summed E-state index contributed by atoms with van der Waals surface area (Å²) in [7, 11) is 3.08. The first kappa shape index (κ1) is 19.8.